The molecule has 1 rings (SSSR count). The molecular weight excluding hydrogens is 218 g/mol. The van der Waals surface area contributed by atoms with Gasteiger partial charge in [0.25, 0.3) is 0 Å². The molecule has 0 aliphatic rings. The van der Waals surface area contributed by atoms with Gasteiger partial charge < -0.3 is 10.8 Å². The number of hydrogen-bond donors (Lipinski definition) is 2. The summed E-state index contributed by atoms with van der Waals surface area (Å²) in [6.07, 6.45) is 0.995. The standard InChI is InChI=1S/C9H13NO2S2/c10-8(9(11)12)6-13-5-3-7-2-1-4-14-7/h1-2,4,8H,3,5-6,10H2,(H,11,12). The Labute approximate surface area is 91.3 Å². The zero-order valence-corrected chi connectivity index (χ0v) is 9.31. The molecule has 1 unspecified atom stereocenters. The highest BCUT2D eigenvalue weighted by Gasteiger charge is 2.10. The lowest BCUT2D eigenvalue weighted by Crippen LogP contribution is -2.32. The lowest BCUT2D eigenvalue weighted by Gasteiger charge is -2.04. The first kappa shape index (κ1) is 11.6. The van der Waals surface area contributed by atoms with E-state index in [4.69, 9.17) is 10.8 Å². The topological polar surface area (TPSA) is 63.3 Å². The third kappa shape index (κ3) is 4.13. The van der Waals surface area contributed by atoms with E-state index in [2.05, 4.69) is 6.07 Å². The van der Waals surface area contributed by atoms with Crippen LogP contribution in [0.1, 0.15) is 4.88 Å². The summed E-state index contributed by atoms with van der Waals surface area (Å²) < 4.78 is 0. The summed E-state index contributed by atoms with van der Waals surface area (Å²) in [5.74, 6) is 0.496. The molecule has 78 valence electrons. The summed E-state index contributed by atoms with van der Waals surface area (Å²) >= 11 is 3.32. The van der Waals surface area contributed by atoms with Gasteiger partial charge in [-0.3, -0.25) is 4.79 Å². The van der Waals surface area contributed by atoms with Gasteiger partial charge in [0.15, 0.2) is 0 Å². The molecule has 0 radical (unpaired) electrons. The maximum atomic E-state index is 10.4. The van der Waals surface area contributed by atoms with E-state index < -0.39 is 12.0 Å². The molecule has 3 N–H and O–H groups in total. The van der Waals surface area contributed by atoms with Crippen LogP contribution in [-0.2, 0) is 11.2 Å². The molecule has 1 heterocycles. The van der Waals surface area contributed by atoms with Crippen molar-refractivity contribution in [3.63, 3.8) is 0 Å². The second-order valence-corrected chi connectivity index (χ2v) is 5.03. The Morgan fingerprint density at radius 1 is 1.71 bits per heavy atom. The van der Waals surface area contributed by atoms with Crippen molar-refractivity contribution in [2.45, 2.75) is 12.5 Å². The second-order valence-electron chi connectivity index (χ2n) is 2.85. The van der Waals surface area contributed by atoms with Crippen LogP contribution in [0.15, 0.2) is 17.5 Å². The van der Waals surface area contributed by atoms with Gasteiger partial charge in [-0.05, 0) is 23.6 Å². The van der Waals surface area contributed by atoms with Gasteiger partial charge in [-0.25, -0.2) is 0 Å². The fourth-order valence-electron chi connectivity index (χ4n) is 0.909. The van der Waals surface area contributed by atoms with E-state index in [0.29, 0.717) is 5.75 Å². The number of aliphatic carboxylic acids is 1. The number of rotatable bonds is 6. The normalized spacial score (nSPS) is 12.6. The lowest BCUT2D eigenvalue weighted by atomic mass is 10.4. The minimum absolute atomic E-state index is 0.487. The first-order valence-electron chi connectivity index (χ1n) is 4.28. The van der Waals surface area contributed by atoms with Crippen LogP contribution in [0.5, 0.6) is 0 Å². The van der Waals surface area contributed by atoms with Crippen molar-refractivity contribution in [3.8, 4) is 0 Å². The van der Waals surface area contributed by atoms with Crippen LogP contribution >= 0.6 is 23.1 Å². The van der Waals surface area contributed by atoms with Crippen LogP contribution in [0.4, 0.5) is 0 Å². The van der Waals surface area contributed by atoms with Crippen molar-refractivity contribution >= 4 is 29.1 Å². The summed E-state index contributed by atoms with van der Waals surface area (Å²) in [6.45, 7) is 0. The van der Waals surface area contributed by atoms with Crippen LogP contribution in [0, 0.1) is 0 Å². The molecule has 0 bridgehead atoms. The van der Waals surface area contributed by atoms with Gasteiger partial charge in [0, 0.05) is 10.6 Å². The zero-order valence-electron chi connectivity index (χ0n) is 7.68. The third-order valence-corrected chi connectivity index (χ3v) is 3.71. The van der Waals surface area contributed by atoms with Gasteiger partial charge in [0.1, 0.15) is 6.04 Å². The quantitative estimate of drug-likeness (QED) is 0.727. The molecule has 5 heteroatoms. The van der Waals surface area contributed by atoms with Crippen molar-refractivity contribution < 1.29 is 9.90 Å². The Morgan fingerprint density at radius 3 is 3.07 bits per heavy atom. The molecule has 0 amide bonds. The van der Waals surface area contributed by atoms with Crippen molar-refractivity contribution in [1.82, 2.24) is 0 Å². The van der Waals surface area contributed by atoms with Crippen LogP contribution in [0.2, 0.25) is 0 Å². The minimum Gasteiger partial charge on any atom is -0.480 e. The molecular formula is C9H13NO2S2. The predicted molar refractivity (Wildman–Crippen MR) is 61.0 cm³/mol. The van der Waals surface area contributed by atoms with Gasteiger partial charge in [-0.2, -0.15) is 11.8 Å². The van der Waals surface area contributed by atoms with Gasteiger partial charge in [0.05, 0.1) is 0 Å². The minimum atomic E-state index is -0.923. The maximum absolute atomic E-state index is 10.4. The average Bonchev–Trinajstić information content (AvgIpc) is 2.64. The van der Waals surface area contributed by atoms with Crippen molar-refractivity contribution in [2.75, 3.05) is 11.5 Å². The zero-order chi connectivity index (χ0) is 10.4. The van der Waals surface area contributed by atoms with E-state index >= 15 is 0 Å². The highest BCUT2D eigenvalue weighted by Crippen LogP contribution is 2.12. The summed E-state index contributed by atoms with van der Waals surface area (Å²) in [6, 6.07) is 3.37. The molecule has 3 nitrogen and oxygen atoms in total. The van der Waals surface area contributed by atoms with Gasteiger partial charge in [-0.15, -0.1) is 11.3 Å². The van der Waals surface area contributed by atoms with E-state index in [1.807, 2.05) is 11.4 Å². The Balaban J connectivity index is 2.08. The third-order valence-electron chi connectivity index (χ3n) is 1.69. The summed E-state index contributed by atoms with van der Waals surface area (Å²) in [5, 5.41) is 10.6. The molecule has 1 atom stereocenters. The molecule has 0 saturated carbocycles. The summed E-state index contributed by atoms with van der Waals surface area (Å²) in [7, 11) is 0. The Morgan fingerprint density at radius 2 is 2.50 bits per heavy atom. The molecule has 0 spiro atoms. The Hall–Kier alpha value is -0.520. The fraction of sp³-hybridized carbons (Fsp3) is 0.444. The van der Waals surface area contributed by atoms with Crippen LogP contribution in [0.25, 0.3) is 0 Å². The van der Waals surface area contributed by atoms with Crippen molar-refractivity contribution in [2.24, 2.45) is 5.73 Å². The number of aryl methyl sites for hydroxylation is 1. The van der Waals surface area contributed by atoms with E-state index in [1.165, 1.54) is 4.88 Å². The number of thiophene rings is 1. The number of thioether (sulfide) groups is 1. The van der Waals surface area contributed by atoms with E-state index in [1.54, 1.807) is 23.1 Å². The monoisotopic (exact) mass is 231 g/mol. The van der Waals surface area contributed by atoms with Crippen LogP contribution in [-0.4, -0.2) is 28.6 Å². The SMILES string of the molecule is NC(CSCCc1cccs1)C(=O)O. The Kier molecular flexibility index (Phi) is 5.00. The Bertz CT molecular complexity index is 274. The van der Waals surface area contributed by atoms with Crippen LogP contribution in [0.3, 0.4) is 0 Å². The van der Waals surface area contributed by atoms with Gasteiger partial charge in [0.2, 0.25) is 0 Å². The first-order chi connectivity index (χ1) is 6.70. The smallest absolute Gasteiger partial charge is 0.321 e. The van der Waals surface area contributed by atoms with Crippen molar-refractivity contribution in [3.05, 3.63) is 22.4 Å². The molecule has 0 fully saturated rings. The largest absolute Gasteiger partial charge is 0.480 e. The van der Waals surface area contributed by atoms with Gasteiger partial charge >= 0.3 is 5.97 Å². The first-order valence-corrected chi connectivity index (χ1v) is 6.32. The molecule has 0 aliphatic heterocycles. The molecule has 0 aliphatic carbocycles. The van der Waals surface area contributed by atoms with Crippen LogP contribution < -0.4 is 5.73 Å². The van der Waals surface area contributed by atoms with E-state index in [-0.39, 0.29) is 0 Å². The number of nitrogens with two attached hydrogens (primary N) is 1. The average molecular weight is 231 g/mol. The highest BCUT2D eigenvalue weighted by molar-refractivity contribution is 7.99. The highest BCUT2D eigenvalue weighted by atomic mass is 32.2. The second kappa shape index (κ2) is 6.06. The van der Waals surface area contributed by atoms with E-state index in [9.17, 15) is 4.79 Å². The maximum Gasteiger partial charge on any atom is 0.321 e. The molecule has 14 heavy (non-hydrogen) atoms. The molecule has 1 aromatic rings. The molecule has 0 saturated heterocycles. The van der Waals surface area contributed by atoms with Gasteiger partial charge in [-0.1, -0.05) is 6.07 Å². The number of carbonyl (C=O) groups is 1. The number of hydrogen-bond acceptors (Lipinski definition) is 4. The molecule has 1 aromatic heterocycles. The summed E-state index contributed by atoms with van der Waals surface area (Å²) in [5.41, 5.74) is 5.36. The lowest BCUT2D eigenvalue weighted by molar-refractivity contribution is -0.137. The predicted octanol–water partition coefficient (Wildman–Crippen LogP) is 1.44. The summed E-state index contributed by atoms with van der Waals surface area (Å²) in [4.78, 5) is 11.7. The fourth-order valence-corrected chi connectivity index (χ4v) is 2.67. The van der Waals surface area contributed by atoms with Crippen molar-refractivity contribution in [1.29, 1.82) is 0 Å². The molecule has 0 aromatic carbocycles. The van der Waals surface area contributed by atoms with E-state index in [0.717, 1.165) is 12.2 Å². The number of carboxylic acids is 1. The number of carboxylic acid groups (broad SMARTS) is 1.